The van der Waals surface area contributed by atoms with Gasteiger partial charge in [-0.1, -0.05) is 6.07 Å². The van der Waals surface area contributed by atoms with Crippen molar-refractivity contribution in [2.75, 3.05) is 19.4 Å². The molecule has 6 nitrogen and oxygen atoms in total. The summed E-state index contributed by atoms with van der Waals surface area (Å²) in [6, 6.07) is 4.68. The van der Waals surface area contributed by atoms with Crippen LogP contribution in [0.3, 0.4) is 0 Å². The third kappa shape index (κ3) is 2.87. The van der Waals surface area contributed by atoms with Gasteiger partial charge in [-0.05, 0) is 24.1 Å². The number of ether oxygens (including phenoxy) is 1. The molecule has 2 rings (SSSR count). The Morgan fingerprint density at radius 2 is 2.21 bits per heavy atom. The van der Waals surface area contributed by atoms with Gasteiger partial charge in [-0.2, -0.15) is 4.31 Å². The minimum Gasteiger partial charge on any atom is -0.496 e. The molecule has 0 radical (unpaired) electrons. The lowest BCUT2D eigenvalue weighted by atomic mass is 10.1. The molecule has 0 unspecified atom stereocenters. The highest BCUT2D eigenvalue weighted by Crippen LogP contribution is 2.23. The molecular formula is C12H15NO5S. The van der Waals surface area contributed by atoms with E-state index >= 15 is 0 Å². The summed E-state index contributed by atoms with van der Waals surface area (Å²) in [7, 11) is -1.78. The van der Waals surface area contributed by atoms with Crippen molar-refractivity contribution in [3.05, 3.63) is 29.3 Å². The zero-order chi connectivity index (χ0) is 14.0. The molecule has 0 aliphatic carbocycles. The van der Waals surface area contributed by atoms with E-state index in [0.29, 0.717) is 18.5 Å². The van der Waals surface area contributed by atoms with Crippen molar-refractivity contribution in [1.82, 2.24) is 4.31 Å². The van der Waals surface area contributed by atoms with Crippen LogP contribution in [0, 0.1) is 0 Å². The minimum absolute atomic E-state index is 0.0385. The fourth-order valence-corrected chi connectivity index (χ4v) is 3.60. The molecule has 1 N–H and O–H groups in total. The molecule has 1 aromatic rings. The van der Waals surface area contributed by atoms with Gasteiger partial charge in [-0.25, -0.2) is 13.2 Å². The maximum Gasteiger partial charge on any atom is 0.339 e. The summed E-state index contributed by atoms with van der Waals surface area (Å²) in [5.41, 5.74) is 0.681. The highest BCUT2D eigenvalue weighted by Gasteiger charge is 2.28. The van der Waals surface area contributed by atoms with Gasteiger partial charge in [0.15, 0.2) is 0 Å². The van der Waals surface area contributed by atoms with E-state index in [1.165, 1.54) is 17.5 Å². The summed E-state index contributed by atoms with van der Waals surface area (Å²) in [5.74, 6) is -0.668. The third-order valence-electron chi connectivity index (χ3n) is 3.06. The molecule has 1 aliphatic rings. The number of rotatable bonds is 4. The van der Waals surface area contributed by atoms with Gasteiger partial charge >= 0.3 is 5.97 Å². The molecule has 1 saturated heterocycles. The standard InChI is InChI=1S/C12H15NO5S/c1-18-11-4-3-9(7-10(11)12(14)15)8-13-5-2-6-19(13,16)17/h3-4,7H,2,5-6,8H2,1H3,(H,14,15). The zero-order valence-electron chi connectivity index (χ0n) is 10.5. The van der Waals surface area contributed by atoms with Gasteiger partial charge < -0.3 is 9.84 Å². The van der Waals surface area contributed by atoms with E-state index in [2.05, 4.69) is 0 Å². The average molecular weight is 285 g/mol. The number of sulfonamides is 1. The molecule has 1 fully saturated rings. The Morgan fingerprint density at radius 3 is 2.74 bits per heavy atom. The van der Waals surface area contributed by atoms with Gasteiger partial charge in [-0.15, -0.1) is 0 Å². The van der Waals surface area contributed by atoms with Crippen molar-refractivity contribution in [3.63, 3.8) is 0 Å². The van der Waals surface area contributed by atoms with Gasteiger partial charge in [0.25, 0.3) is 0 Å². The van der Waals surface area contributed by atoms with Crippen LogP contribution in [0.1, 0.15) is 22.3 Å². The number of carboxylic acid groups (broad SMARTS) is 1. The van der Waals surface area contributed by atoms with E-state index in [4.69, 9.17) is 9.84 Å². The van der Waals surface area contributed by atoms with Crippen LogP contribution in [0.4, 0.5) is 0 Å². The second kappa shape index (κ2) is 5.18. The minimum atomic E-state index is -3.18. The summed E-state index contributed by atoms with van der Waals surface area (Å²) < 4.78 is 29.7. The third-order valence-corrected chi connectivity index (χ3v) is 4.96. The quantitative estimate of drug-likeness (QED) is 0.889. The normalized spacial score (nSPS) is 18.4. The maximum absolute atomic E-state index is 11.7. The first-order valence-corrected chi connectivity index (χ1v) is 7.43. The van der Waals surface area contributed by atoms with E-state index in [0.717, 1.165) is 0 Å². The topological polar surface area (TPSA) is 83.9 Å². The summed E-state index contributed by atoms with van der Waals surface area (Å²) in [6.45, 7) is 0.684. The van der Waals surface area contributed by atoms with Crippen LogP contribution in [0.25, 0.3) is 0 Å². The lowest BCUT2D eigenvalue weighted by Crippen LogP contribution is -2.25. The Balaban J connectivity index is 2.27. The Kier molecular flexibility index (Phi) is 3.77. The molecule has 1 aromatic carbocycles. The predicted octanol–water partition coefficient (Wildman–Crippen LogP) is 0.929. The zero-order valence-corrected chi connectivity index (χ0v) is 11.3. The number of methoxy groups -OCH3 is 1. The molecule has 0 amide bonds. The van der Waals surface area contributed by atoms with Crippen molar-refractivity contribution >= 4 is 16.0 Å². The summed E-state index contributed by atoms with van der Waals surface area (Å²) in [6.07, 6.45) is 0.615. The van der Waals surface area contributed by atoms with Crippen molar-refractivity contribution in [3.8, 4) is 5.75 Å². The Labute approximate surface area is 111 Å². The largest absolute Gasteiger partial charge is 0.496 e. The summed E-state index contributed by atoms with van der Waals surface area (Å²) in [5, 5.41) is 9.07. The van der Waals surface area contributed by atoms with E-state index in [1.54, 1.807) is 12.1 Å². The van der Waals surface area contributed by atoms with E-state index in [9.17, 15) is 13.2 Å². The first-order chi connectivity index (χ1) is 8.94. The van der Waals surface area contributed by atoms with Crippen LogP contribution in [0.15, 0.2) is 18.2 Å². The monoisotopic (exact) mass is 285 g/mol. The molecule has 1 heterocycles. The van der Waals surface area contributed by atoms with Gasteiger partial charge in [0.2, 0.25) is 10.0 Å². The maximum atomic E-state index is 11.7. The predicted molar refractivity (Wildman–Crippen MR) is 68.8 cm³/mol. The first kappa shape index (κ1) is 13.8. The molecular weight excluding hydrogens is 270 g/mol. The highest BCUT2D eigenvalue weighted by atomic mass is 32.2. The van der Waals surface area contributed by atoms with Crippen molar-refractivity contribution in [1.29, 1.82) is 0 Å². The smallest absolute Gasteiger partial charge is 0.339 e. The number of carbonyl (C=O) groups is 1. The lowest BCUT2D eigenvalue weighted by Gasteiger charge is -2.15. The fourth-order valence-electron chi connectivity index (χ4n) is 2.09. The average Bonchev–Trinajstić information content (AvgIpc) is 2.68. The fraction of sp³-hybridized carbons (Fsp3) is 0.417. The van der Waals surface area contributed by atoms with Gasteiger partial charge in [0, 0.05) is 13.1 Å². The van der Waals surface area contributed by atoms with Crippen LogP contribution < -0.4 is 4.74 Å². The van der Waals surface area contributed by atoms with Crippen molar-refractivity contribution in [2.24, 2.45) is 0 Å². The Bertz CT molecular complexity index is 596. The summed E-state index contributed by atoms with van der Waals surface area (Å²) in [4.78, 5) is 11.1. The highest BCUT2D eigenvalue weighted by molar-refractivity contribution is 7.89. The van der Waals surface area contributed by atoms with E-state index < -0.39 is 16.0 Å². The van der Waals surface area contributed by atoms with Gasteiger partial charge in [-0.3, -0.25) is 0 Å². The second-order valence-corrected chi connectivity index (χ2v) is 6.43. The lowest BCUT2D eigenvalue weighted by molar-refractivity contribution is 0.0693. The van der Waals surface area contributed by atoms with Gasteiger partial charge in [0.1, 0.15) is 11.3 Å². The van der Waals surface area contributed by atoms with Crippen LogP contribution in [-0.4, -0.2) is 43.2 Å². The molecule has 0 spiro atoms. The van der Waals surface area contributed by atoms with Crippen LogP contribution in [0.5, 0.6) is 5.75 Å². The van der Waals surface area contributed by atoms with Crippen LogP contribution in [-0.2, 0) is 16.6 Å². The van der Waals surface area contributed by atoms with Crippen LogP contribution in [0.2, 0.25) is 0 Å². The molecule has 0 bridgehead atoms. The van der Waals surface area contributed by atoms with Gasteiger partial charge in [0.05, 0.1) is 12.9 Å². The molecule has 19 heavy (non-hydrogen) atoms. The molecule has 0 saturated carbocycles. The van der Waals surface area contributed by atoms with E-state index in [-0.39, 0.29) is 23.6 Å². The van der Waals surface area contributed by atoms with Crippen LogP contribution >= 0.6 is 0 Å². The Hall–Kier alpha value is -1.60. The number of aromatic carboxylic acids is 1. The van der Waals surface area contributed by atoms with Crippen molar-refractivity contribution in [2.45, 2.75) is 13.0 Å². The SMILES string of the molecule is COc1ccc(CN2CCCS2(=O)=O)cc1C(=O)O. The number of carboxylic acids is 1. The number of benzene rings is 1. The summed E-state index contributed by atoms with van der Waals surface area (Å²) >= 11 is 0. The molecule has 0 aromatic heterocycles. The molecule has 7 heteroatoms. The number of nitrogens with zero attached hydrogens (tertiary/aromatic N) is 1. The second-order valence-electron chi connectivity index (χ2n) is 4.34. The first-order valence-electron chi connectivity index (χ1n) is 5.82. The molecule has 104 valence electrons. The number of hydrogen-bond acceptors (Lipinski definition) is 4. The number of hydrogen-bond donors (Lipinski definition) is 1. The molecule has 1 aliphatic heterocycles. The Morgan fingerprint density at radius 1 is 1.47 bits per heavy atom. The molecule has 0 atom stereocenters. The van der Waals surface area contributed by atoms with Crippen molar-refractivity contribution < 1.29 is 23.1 Å². The van der Waals surface area contributed by atoms with E-state index in [1.807, 2.05) is 0 Å².